The number of rotatable bonds is 2. The van der Waals surface area contributed by atoms with Crippen LogP contribution in [0.5, 0.6) is 0 Å². The van der Waals surface area contributed by atoms with Gasteiger partial charge in [0.1, 0.15) is 0 Å². The molecule has 0 amide bonds. The van der Waals surface area contributed by atoms with Gasteiger partial charge in [0.2, 0.25) is 0 Å². The van der Waals surface area contributed by atoms with E-state index in [2.05, 4.69) is 5.14 Å². The first kappa shape index (κ1) is 7.11. The monoisotopic (exact) mass is 141 g/mol. The summed E-state index contributed by atoms with van der Waals surface area (Å²) in [5.41, 5.74) is 0. The van der Waals surface area contributed by atoms with Gasteiger partial charge in [-0.3, -0.25) is 0 Å². The molecule has 0 heterocycles. The van der Waals surface area contributed by atoms with Crippen molar-refractivity contribution in [3.05, 3.63) is 10.1 Å². The van der Waals surface area contributed by atoms with E-state index >= 15 is 0 Å². The van der Waals surface area contributed by atoms with Gasteiger partial charge in [0.25, 0.3) is 0 Å². The van der Waals surface area contributed by atoms with Gasteiger partial charge in [-0.2, -0.15) is 8.42 Å². The Morgan fingerprint density at radius 1 is 1.62 bits per heavy atom. The standard InChI is InChI=1S/H3N3O4S/c1-8(6,7)2-3(4)5/h2H,(H2,1,6,7). The van der Waals surface area contributed by atoms with Crippen LogP contribution in [0.2, 0.25) is 0 Å². The van der Waals surface area contributed by atoms with Crippen LogP contribution < -0.4 is 9.97 Å². The van der Waals surface area contributed by atoms with Crippen LogP contribution in [0.4, 0.5) is 0 Å². The van der Waals surface area contributed by atoms with Crippen molar-refractivity contribution >= 4 is 10.2 Å². The predicted octanol–water partition coefficient (Wildman–Crippen LogP) is -2.03. The molecule has 0 aromatic carbocycles. The molecule has 0 saturated heterocycles. The van der Waals surface area contributed by atoms with Crippen molar-refractivity contribution in [2.24, 2.45) is 5.14 Å². The maximum atomic E-state index is 9.67. The number of nitrogens with zero attached hydrogens (tertiary/aromatic N) is 1. The van der Waals surface area contributed by atoms with E-state index < -0.39 is 15.2 Å². The normalized spacial score (nSPS) is 10.6. The summed E-state index contributed by atoms with van der Waals surface area (Å²) < 4.78 is 19.3. The number of hydrogen-bond donors (Lipinski definition) is 2. The van der Waals surface area contributed by atoms with E-state index in [0.717, 1.165) is 4.83 Å². The first-order chi connectivity index (χ1) is 3.42. The van der Waals surface area contributed by atoms with Crippen molar-refractivity contribution in [2.75, 3.05) is 0 Å². The average Bonchev–Trinajstić information content (AvgIpc) is 1.21. The molecule has 0 aliphatic carbocycles. The lowest BCUT2D eigenvalue weighted by molar-refractivity contribution is -0.518. The molecule has 3 N–H and O–H groups in total. The molecule has 0 aromatic heterocycles. The van der Waals surface area contributed by atoms with Crippen molar-refractivity contribution in [3.63, 3.8) is 0 Å². The van der Waals surface area contributed by atoms with Gasteiger partial charge in [0, 0.05) is 0 Å². The largest absolute Gasteiger partial charge is 0.346 e. The van der Waals surface area contributed by atoms with Gasteiger partial charge in [0.15, 0.2) is 5.03 Å². The van der Waals surface area contributed by atoms with Crippen LogP contribution in [0.15, 0.2) is 0 Å². The van der Waals surface area contributed by atoms with E-state index in [-0.39, 0.29) is 0 Å². The molecule has 8 heavy (non-hydrogen) atoms. The Morgan fingerprint density at radius 3 is 2.00 bits per heavy atom. The van der Waals surface area contributed by atoms with Gasteiger partial charge in [0.05, 0.1) is 0 Å². The summed E-state index contributed by atoms with van der Waals surface area (Å²) in [6.07, 6.45) is 0. The molecule has 7 nitrogen and oxygen atoms in total. The zero-order chi connectivity index (χ0) is 6.78. The Bertz CT molecular complexity index is 177. The van der Waals surface area contributed by atoms with E-state index in [1.807, 2.05) is 0 Å². The number of hydrogen-bond acceptors (Lipinski definition) is 4. The third-order valence-electron chi connectivity index (χ3n) is 0.202. The molecule has 0 unspecified atom stereocenters. The van der Waals surface area contributed by atoms with E-state index in [1.165, 1.54) is 0 Å². The molecule has 0 rings (SSSR count). The fraction of sp³-hybridized carbons (Fsp3) is 0. The SMILES string of the molecule is NS(=O)(=O)N[N+](=O)[O-]. The van der Waals surface area contributed by atoms with Crippen LogP contribution in [-0.2, 0) is 10.2 Å². The van der Waals surface area contributed by atoms with Gasteiger partial charge in [-0.1, -0.05) is 0 Å². The van der Waals surface area contributed by atoms with Crippen LogP contribution >= 0.6 is 0 Å². The first-order valence-electron chi connectivity index (χ1n) is 1.36. The number of nitro groups is 1. The van der Waals surface area contributed by atoms with Crippen molar-refractivity contribution in [2.45, 2.75) is 0 Å². The summed E-state index contributed by atoms with van der Waals surface area (Å²) >= 11 is 0. The Balaban J connectivity index is 3.95. The zero-order valence-electron chi connectivity index (χ0n) is 3.57. The molecule has 0 saturated carbocycles. The minimum Gasteiger partial charge on any atom is -0.234 e. The van der Waals surface area contributed by atoms with Crippen LogP contribution in [0, 0.1) is 10.1 Å². The lowest BCUT2D eigenvalue weighted by Gasteiger charge is -1.87. The molecule has 0 aromatic rings. The van der Waals surface area contributed by atoms with Crippen molar-refractivity contribution < 1.29 is 13.5 Å². The molecule has 0 aliphatic heterocycles. The fourth-order valence-electron chi connectivity index (χ4n) is 0.104. The minimum atomic E-state index is -4.17. The zero-order valence-corrected chi connectivity index (χ0v) is 4.38. The lowest BCUT2D eigenvalue weighted by atomic mass is 12.7. The Morgan fingerprint density at radius 2 is 2.00 bits per heavy atom. The smallest absolute Gasteiger partial charge is 0.234 e. The number of nitrogens with one attached hydrogen (secondary N) is 1. The highest BCUT2D eigenvalue weighted by Crippen LogP contribution is 1.63. The Hall–Kier alpha value is -0.890. The second kappa shape index (κ2) is 1.92. The summed E-state index contributed by atoms with van der Waals surface area (Å²) in [5.74, 6) is 0. The second-order valence-corrected chi connectivity index (χ2v) is 2.17. The van der Waals surface area contributed by atoms with Gasteiger partial charge in [-0.25, -0.2) is 15.3 Å². The summed E-state index contributed by atoms with van der Waals surface area (Å²) in [7, 11) is -4.17. The van der Waals surface area contributed by atoms with Gasteiger partial charge in [-0.15, -0.1) is 0 Å². The highest BCUT2D eigenvalue weighted by atomic mass is 32.2. The summed E-state index contributed by atoms with van der Waals surface area (Å²) in [6.45, 7) is 0. The van der Waals surface area contributed by atoms with Crippen molar-refractivity contribution in [1.29, 1.82) is 0 Å². The Kier molecular flexibility index (Phi) is 1.71. The number of nitrogens with two attached hydrogens (primary N) is 1. The molecule has 0 fully saturated rings. The van der Waals surface area contributed by atoms with E-state index in [9.17, 15) is 18.5 Å². The summed E-state index contributed by atoms with van der Waals surface area (Å²) in [5, 5.41) is 12.2. The van der Waals surface area contributed by atoms with Crippen molar-refractivity contribution in [3.8, 4) is 0 Å². The second-order valence-electron chi connectivity index (χ2n) is 0.893. The molecule has 0 atom stereocenters. The van der Waals surface area contributed by atoms with E-state index in [1.54, 1.807) is 0 Å². The minimum absolute atomic E-state index is 0.854. The predicted molar refractivity (Wildman–Crippen MR) is 23.2 cm³/mol. The Labute approximate surface area is 44.8 Å². The summed E-state index contributed by atoms with van der Waals surface area (Å²) in [6, 6.07) is 0. The molecule has 0 aliphatic rings. The highest BCUT2D eigenvalue weighted by Gasteiger charge is 2.05. The van der Waals surface area contributed by atoms with Crippen LogP contribution in [0.25, 0.3) is 0 Å². The third kappa shape index (κ3) is 5.11. The summed E-state index contributed by atoms with van der Waals surface area (Å²) in [4.78, 5) is 10.1. The highest BCUT2D eigenvalue weighted by molar-refractivity contribution is 7.86. The van der Waals surface area contributed by atoms with Crippen LogP contribution in [0.1, 0.15) is 0 Å². The molecule has 0 radical (unpaired) electrons. The topological polar surface area (TPSA) is 115 Å². The molecule has 0 bridgehead atoms. The van der Waals surface area contributed by atoms with E-state index in [0.29, 0.717) is 0 Å². The van der Waals surface area contributed by atoms with E-state index in [4.69, 9.17) is 0 Å². The van der Waals surface area contributed by atoms with Gasteiger partial charge in [-0.05, 0) is 4.83 Å². The van der Waals surface area contributed by atoms with Crippen LogP contribution in [0.3, 0.4) is 0 Å². The molecule has 0 spiro atoms. The molecular formula is H3N3O4S. The van der Waals surface area contributed by atoms with Crippen molar-refractivity contribution in [1.82, 2.24) is 4.83 Å². The molecule has 48 valence electrons. The maximum absolute atomic E-state index is 9.67. The quantitative estimate of drug-likeness (QED) is 0.340. The fourth-order valence-corrected chi connectivity index (χ4v) is 0.312. The maximum Gasteiger partial charge on any atom is 0.346 e. The molecule has 8 heteroatoms. The first-order valence-corrected chi connectivity index (χ1v) is 2.91. The third-order valence-corrected chi connectivity index (χ3v) is 0.605. The van der Waals surface area contributed by atoms with Gasteiger partial charge >= 0.3 is 10.2 Å². The average molecular weight is 141 g/mol. The lowest BCUT2D eigenvalue weighted by Crippen LogP contribution is -2.35. The number of hydrazine groups is 1. The molecular weight excluding hydrogens is 138 g/mol. The van der Waals surface area contributed by atoms with Crippen LogP contribution in [-0.4, -0.2) is 13.5 Å². The van der Waals surface area contributed by atoms with Gasteiger partial charge < -0.3 is 0 Å².